The highest BCUT2D eigenvalue weighted by Gasteiger charge is 2.45. The summed E-state index contributed by atoms with van der Waals surface area (Å²) in [5, 5.41) is 34.6. The maximum absolute atomic E-state index is 14.7. The first kappa shape index (κ1) is 70.0. The number of carbonyl (C=O) groups is 9. The summed E-state index contributed by atoms with van der Waals surface area (Å²) in [5.41, 5.74) is 23.9. The fourth-order valence-corrected chi connectivity index (χ4v) is 13.2. The molecular formula is C62H84N16O13S. The van der Waals surface area contributed by atoms with E-state index in [9.17, 15) is 61.8 Å². The zero-order valence-corrected chi connectivity index (χ0v) is 52.4. The molecule has 0 spiro atoms. The third-order valence-corrected chi connectivity index (χ3v) is 17.8. The number of nitrogens with two attached hydrogens (primary N) is 4. The van der Waals surface area contributed by atoms with E-state index in [1.807, 2.05) is 25.1 Å². The number of carboxylic acids is 1. The van der Waals surface area contributed by atoms with E-state index in [-0.39, 0.29) is 107 Å². The van der Waals surface area contributed by atoms with Gasteiger partial charge in [-0.05, 0) is 87.5 Å². The van der Waals surface area contributed by atoms with Crippen LogP contribution in [-0.2, 0) is 66.0 Å². The number of amides is 8. The zero-order chi connectivity index (χ0) is 66.6. The van der Waals surface area contributed by atoms with Crippen molar-refractivity contribution in [3.05, 3.63) is 108 Å². The van der Waals surface area contributed by atoms with Gasteiger partial charge in [0.2, 0.25) is 57.3 Å². The van der Waals surface area contributed by atoms with Gasteiger partial charge in [0, 0.05) is 76.1 Å². The van der Waals surface area contributed by atoms with Crippen molar-refractivity contribution < 1.29 is 61.8 Å². The molecule has 3 aliphatic rings. The number of aliphatic carboxylic acids is 1. The summed E-state index contributed by atoms with van der Waals surface area (Å²) >= 11 is 0. The lowest BCUT2D eigenvalue weighted by molar-refractivity contribution is -0.147. The molecule has 30 heteroatoms. The van der Waals surface area contributed by atoms with Gasteiger partial charge < -0.3 is 79.3 Å². The molecular weight excluding hydrogens is 1210 g/mol. The average molecular weight is 1290 g/mol. The summed E-state index contributed by atoms with van der Waals surface area (Å²) in [5.74, 6) is -7.68. The molecule has 3 fully saturated rings. The number of carbonyl (C=O) groups excluding carboxylic acids is 8. The van der Waals surface area contributed by atoms with Gasteiger partial charge in [0.05, 0.1) is 18.0 Å². The van der Waals surface area contributed by atoms with Crippen molar-refractivity contribution in [3.8, 4) is 0 Å². The fourth-order valence-electron chi connectivity index (χ4n) is 11.8. The van der Waals surface area contributed by atoms with Crippen molar-refractivity contribution >= 4 is 91.6 Å². The molecule has 0 unspecified atom stereocenters. The smallest absolute Gasteiger partial charge is 0.326 e. The predicted molar refractivity (Wildman–Crippen MR) is 342 cm³/mol. The molecule has 0 bridgehead atoms. The summed E-state index contributed by atoms with van der Waals surface area (Å²) in [7, 11) is -0.704. The quantitative estimate of drug-likeness (QED) is 0.0151. The molecule has 0 radical (unpaired) electrons. The molecule has 29 nitrogen and oxygen atoms in total. The van der Waals surface area contributed by atoms with E-state index in [4.69, 9.17) is 22.9 Å². The van der Waals surface area contributed by atoms with Crippen LogP contribution in [0.4, 0.5) is 5.69 Å². The van der Waals surface area contributed by atoms with Gasteiger partial charge in [-0.3, -0.25) is 48.3 Å². The molecule has 92 heavy (non-hydrogen) atoms. The summed E-state index contributed by atoms with van der Waals surface area (Å²) in [6.07, 6.45) is 1.89. The predicted octanol–water partition coefficient (Wildman–Crippen LogP) is -1.75. The second kappa shape index (κ2) is 33.1. The van der Waals surface area contributed by atoms with Crippen LogP contribution in [0.2, 0.25) is 0 Å². The number of nitrogens with zero attached hydrogens (tertiary/aromatic N) is 6. The van der Waals surface area contributed by atoms with Crippen LogP contribution in [0.3, 0.4) is 0 Å². The van der Waals surface area contributed by atoms with Crippen molar-refractivity contribution in [2.24, 2.45) is 32.9 Å². The Morgan fingerprint density at radius 2 is 1.07 bits per heavy atom. The Balaban J connectivity index is 0.990. The standard InChI is InChI=1S/C62H84N16O13S/c1-75(2)47-24-9-21-41-40(47)20-10-28-51(41)92(90,91)74-42(22-11-29-67-61(63)64)57(85)78-33-15-27-50(78)59(87)77-32-13-25-48(77)55(83)69-36-52(80)70-44(34-38-16-5-3-6-17-38)53(81)73-46(37-79)58(86)76-31-14-26-49(76)56(84)72-45(35-39-18-7-4-8-19-39)54(82)71-43(60(88)89)23-12-30-68-62(65)66/h3-10,16-21,24,28,42-46,48-50,74,79H,11-15,22-23,25-27,29-37H2,1-2H3,(H,69,83)(H,70,80)(H,71,82)(H,72,84)(H,73,81)(H,88,89)(H4,63,64,67)(H4,65,66,68)/t42-,43-,44-,45-,46-,48-,49-,50-/m0/s1. The van der Waals surface area contributed by atoms with Crippen LogP contribution >= 0.6 is 0 Å². The number of hydrogen-bond donors (Lipinski definition) is 12. The Morgan fingerprint density at radius 3 is 1.62 bits per heavy atom. The van der Waals surface area contributed by atoms with E-state index >= 15 is 0 Å². The molecule has 3 heterocycles. The Bertz CT molecular complexity index is 3460. The van der Waals surface area contributed by atoms with Crippen molar-refractivity contribution in [1.82, 2.24) is 46.0 Å². The second-order valence-corrected chi connectivity index (χ2v) is 24.8. The lowest BCUT2D eigenvalue weighted by Gasteiger charge is -2.33. The third kappa shape index (κ3) is 18.8. The van der Waals surface area contributed by atoms with Gasteiger partial charge in [0.25, 0.3) is 0 Å². The molecule has 496 valence electrons. The van der Waals surface area contributed by atoms with E-state index in [1.165, 1.54) is 20.8 Å². The number of sulfonamides is 1. The lowest BCUT2D eigenvalue weighted by Crippen LogP contribution is -2.60. The highest BCUT2D eigenvalue weighted by molar-refractivity contribution is 7.89. The van der Waals surface area contributed by atoms with E-state index in [2.05, 4.69) is 41.3 Å². The number of fused-ring (bicyclic) bond motifs is 1. The van der Waals surface area contributed by atoms with Crippen molar-refractivity contribution in [3.63, 3.8) is 0 Å². The number of aliphatic imine (C=N–C) groups is 2. The molecule has 4 aromatic rings. The first-order valence-corrected chi connectivity index (χ1v) is 32.1. The van der Waals surface area contributed by atoms with Crippen molar-refractivity contribution in [2.75, 3.05) is 64.9 Å². The number of aliphatic hydroxyl groups is 1. The van der Waals surface area contributed by atoms with E-state index < -0.39 is 125 Å². The number of anilines is 1. The number of carboxylic acid groups (broad SMARTS) is 1. The lowest BCUT2D eigenvalue weighted by atomic mass is 10.0. The van der Waals surface area contributed by atoms with Gasteiger partial charge in [0.1, 0.15) is 48.3 Å². The first-order chi connectivity index (χ1) is 44.0. The molecule has 4 aromatic carbocycles. The molecule has 8 atom stereocenters. The Kier molecular flexibility index (Phi) is 25.2. The molecule has 16 N–H and O–H groups in total. The summed E-state index contributed by atoms with van der Waals surface area (Å²) in [4.78, 5) is 139. The van der Waals surface area contributed by atoms with E-state index in [0.717, 1.165) is 5.69 Å². The number of hydrogen-bond acceptors (Lipinski definition) is 15. The number of nitrogens with one attached hydrogen (secondary N) is 6. The number of aliphatic hydroxyl groups excluding tert-OH is 1. The Morgan fingerprint density at radius 1 is 0.576 bits per heavy atom. The highest BCUT2D eigenvalue weighted by atomic mass is 32.2. The van der Waals surface area contributed by atoms with Crippen LogP contribution in [0.15, 0.2) is 112 Å². The second-order valence-electron chi connectivity index (χ2n) is 23.1. The molecule has 8 amide bonds. The minimum atomic E-state index is -4.38. The average Bonchev–Trinajstić information content (AvgIpc) is 0.882. The third-order valence-electron chi connectivity index (χ3n) is 16.3. The minimum Gasteiger partial charge on any atom is -0.480 e. The molecule has 3 aliphatic heterocycles. The van der Waals surface area contributed by atoms with E-state index in [1.54, 1.807) is 84.9 Å². The van der Waals surface area contributed by atoms with Crippen LogP contribution in [0.5, 0.6) is 0 Å². The topological polar surface area (TPSA) is 442 Å². The monoisotopic (exact) mass is 1290 g/mol. The first-order valence-electron chi connectivity index (χ1n) is 30.6. The molecule has 7 rings (SSSR count). The number of guanidine groups is 2. The summed E-state index contributed by atoms with van der Waals surface area (Å²) in [6.45, 7) is -1.10. The van der Waals surface area contributed by atoms with Gasteiger partial charge in [0.15, 0.2) is 11.9 Å². The fraction of sp³-hybridized carbons (Fsp3) is 0.468. The van der Waals surface area contributed by atoms with Crippen LogP contribution in [0, 0.1) is 0 Å². The SMILES string of the molecule is CN(C)c1cccc2c(S(=O)(=O)N[C@@H](CCCN=C(N)N)C(=O)N3CCC[C@H]3C(=O)N3CCC[C@H]3C(=O)NCC(=O)N[C@@H](Cc3ccccc3)C(=O)N[C@@H](CO)C(=O)N3CCC[C@H]3C(=O)N[C@@H](Cc3ccccc3)C(=O)N[C@@H](CCCN=C(N)N)C(=O)O)cccc12. The van der Waals surface area contributed by atoms with Gasteiger partial charge in [-0.15, -0.1) is 0 Å². The molecule has 0 saturated carbocycles. The van der Waals surface area contributed by atoms with Crippen LogP contribution in [-0.4, -0.2) is 207 Å². The highest BCUT2D eigenvalue weighted by Crippen LogP contribution is 2.32. The van der Waals surface area contributed by atoms with Crippen LogP contribution in [0.25, 0.3) is 10.8 Å². The molecule has 0 aromatic heterocycles. The number of benzene rings is 4. The molecule has 3 saturated heterocycles. The van der Waals surface area contributed by atoms with Gasteiger partial charge >= 0.3 is 5.97 Å². The van der Waals surface area contributed by atoms with Gasteiger partial charge in [-0.1, -0.05) is 84.9 Å². The maximum atomic E-state index is 14.7. The Hall–Kier alpha value is -9.42. The number of rotatable bonds is 31. The normalized spacial score (nSPS) is 17.9. The summed E-state index contributed by atoms with van der Waals surface area (Å²) < 4.78 is 31.3. The zero-order valence-electron chi connectivity index (χ0n) is 51.6. The van der Waals surface area contributed by atoms with Gasteiger partial charge in [-0.25, -0.2) is 13.2 Å². The van der Waals surface area contributed by atoms with Crippen molar-refractivity contribution in [1.29, 1.82) is 0 Å². The van der Waals surface area contributed by atoms with Gasteiger partial charge in [-0.2, -0.15) is 4.72 Å². The van der Waals surface area contributed by atoms with E-state index in [0.29, 0.717) is 41.2 Å². The largest absolute Gasteiger partial charge is 0.480 e. The molecule has 0 aliphatic carbocycles. The maximum Gasteiger partial charge on any atom is 0.326 e. The van der Waals surface area contributed by atoms with Crippen LogP contribution < -0.4 is 59.1 Å². The minimum absolute atomic E-state index is 0.0272. The number of likely N-dealkylation sites (tertiary alicyclic amines) is 3. The summed E-state index contributed by atoms with van der Waals surface area (Å²) in [6, 6.07) is 17.0. The van der Waals surface area contributed by atoms with Crippen molar-refractivity contribution in [2.45, 2.75) is 130 Å². The Labute approximate surface area is 533 Å². The van der Waals surface area contributed by atoms with Crippen LogP contribution in [0.1, 0.15) is 75.3 Å².